The summed E-state index contributed by atoms with van der Waals surface area (Å²) in [5.74, 6) is -0.0119. The van der Waals surface area contributed by atoms with Crippen molar-refractivity contribution < 1.29 is 9.53 Å². The number of hydrogen-bond donors (Lipinski definition) is 1. The van der Waals surface area contributed by atoms with Gasteiger partial charge >= 0.3 is 0 Å². The van der Waals surface area contributed by atoms with E-state index >= 15 is 0 Å². The van der Waals surface area contributed by atoms with E-state index in [1.807, 2.05) is 6.92 Å². The van der Waals surface area contributed by atoms with Gasteiger partial charge in [-0.2, -0.15) is 0 Å². The summed E-state index contributed by atoms with van der Waals surface area (Å²) < 4.78 is 5.06. The van der Waals surface area contributed by atoms with Gasteiger partial charge < -0.3 is 15.4 Å². The highest BCUT2D eigenvalue weighted by atomic mass is 32.1. The number of likely N-dealkylation sites (tertiary alicyclic amines) is 1. The maximum Gasteiger partial charge on any atom is 0.249 e. The van der Waals surface area contributed by atoms with Gasteiger partial charge in [0.2, 0.25) is 5.91 Å². The van der Waals surface area contributed by atoms with Gasteiger partial charge in [0.1, 0.15) is 6.61 Å². The summed E-state index contributed by atoms with van der Waals surface area (Å²) in [6.45, 7) is 3.29. The van der Waals surface area contributed by atoms with Crippen LogP contribution in [0.15, 0.2) is 0 Å². The van der Waals surface area contributed by atoms with E-state index in [9.17, 15) is 4.79 Å². The van der Waals surface area contributed by atoms with Crippen LogP contribution >= 0.6 is 12.2 Å². The molecule has 0 radical (unpaired) electrons. The molecule has 0 saturated carbocycles. The van der Waals surface area contributed by atoms with Crippen molar-refractivity contribution in [1.82, 2.24) is 4.90 Å². The van der Waals surface area contributed by atoms with Crippen molar-refractivity contribution >= 4 is 23.1 Å². The topological polar surface area (TPSA) is 55.6 Å². The standard InChI is InChI=1S/C9H16N2O2S/c1-2-13-6-8(12)11-5-3-4-7(11)9(10)14/h7H,2-6H2,1H3,(H2,10,14). The SMILES string of the molecule is CCOCC(=O)N1CCCC1C(N)=S. The molecule has 0 bridgehead atoms. The van der Waals surface area contributed by atoms with Gasteiger partial charge in [0.05, 0.1) is 11.0 Å². The summed E-state index contributed by atoms with van der Waals surface area (Å²) in [7, 11) is 0. The molecule has 14 heavy (non-hydrogen) atoms. The molecule has 1 aliphatic rings. The van der Waals surface area contributed by atoms with E-state index in [4.69, 9.17) is 22.7 Å². The Labute approximate surface area is 89.4 Å². The molecule has 5 heteroatoms. The molecule has 4 nitrogen and oxygen atoms in total. The second-order valence-electron chi connectivity index (χ2n) is 3.28. The Kier molecular flexibility index (Phi) is 4.28. The third-order valence-corrected chi connectivity index (χ3v) is 2.60. The predicted molar refractivity (Wildman–Crippen MR) is 58.0 cm³/mol. The highest BCUT2D eigenvalue weighted by Gasteiger charge is 2.30. The molecule has 1 amide bonds. The van der Waals surface area contributed by atoms with E-state index in [1.165, 1.54) is 0 Å². The second-order valence-corrected chi connectivity index (χ2v) is 3.76. The first-order valence-corrected chi connectivity index (χ1v) is 5.24. The largest absolute Gasteiger partial charge is 0.392 e. The lowest BCUT2D eigenvalue weighted by Gasteiger charge is -2.23. The zero-order valence-corrected chi connectivity index (χ0v) is 9.18. The number of thiocarbonyl (C=S) groups is 1. The average molecular weight is 216 g/mol. The van der Waals surface area contributed by atoms with Crippen LogP contribution < -0.4 is 5.73 Å². The molecular weight excluding hydrogens is 200 g/mol. The number of nitrogens with two attached hydrogens (primary N) is 1. The number of hydrogen-bond acceptors (Lipinski definition) is 3. The van der Waals surface area contributed by atoms with Gasteiger partial charge in [-0.1, -0.05) is 12.2 Å². The van der Waals surface area contributed by atoms with E-state index in [0.717, 1.165) is 19.4 Å². The van der Waals surface area contributed by atoms with Crippen LogP contribution in [0.2, 0.25) is 0 Å². The van der Waals surface area contributed by atoms with E-state index in [-0.39, 0.29) is 18.6 Å². The quantitative estimate of drug-likeness (QED) is 0.687. The van der Waals surface area contributed by atoms with Crippen molar-refractivity contribution in [2.24, 2.45) is 5.73 Å². The maximum atomic E-state index is 11.6. The number of carbonyl (C=O) groups is 1. The lowest BCUT2D eigenvalue weighted by atomic mass is 10.2. The summed E-state index contributed by atoms with van der Waals surface area (Å²) in [6, 6.07) is -0.0574. The van der Waals surface area contributed by atoms with E-state index in [1.54, 1.807) is 4.90 Å². The van der Waals surface area contributed by atoms with Crippen LogP contribution in [-0.2, 0) is 9.53 Å². The van der Waals surface area contributed by atoms with Gasteiger partial charge in [-0.3, -0.25) is 4.79 Å². The Balaban J connectivity index is 2.49. The second kappa shape index (κ2) is 5.26. The fourth-order valence-corrected chi connectivity index (χ4v) is 1.88. The normalized spacial score (nSPS) is 21.2. The van der Waals surface area contributed by atoms with Crippen LogP contribution in [0.5, 0.6) is 0 Å². The van der Waals surface area contributed by atoms with Gasteiger partial charge in [-0.15, -0.1) is 0 Å². The van der Waals surface area contributed by atoms with Crippen molar-refractivity contribution in [2.75, 3.05) is 19.8 Å². The maximum absolute atomic E-state index is 11.6. The Morgan fingerprint density at radius 3 is 3.00 bits per heavy atom. The van der Waals surface area contributed by atoms with Crippen molar-refractivity contribution in [3.8, 4) is 0 Å². The molecule has 0 aliphatic carbocycles. The van der Waals surface area contributed by atoms with Crippen molar-refractivity contribution in [3.05, 3.63) is 0 Å². The summed E-state index contributed by atoms with van der Waals surface area (Å²) in [4.78, 5) is 13.7. The number of carbonyl (C=O) groups excluding carboxylic acids is 1. The third kappa shape index (κ3) is 2.65. The first kappa shape index (κ1) is 11.4. The molecule has 0 aromatic carbocycles. The van der Waals surface area contributed by atoms with Crippen LogP contribution in [0.25, 0.3) is 0 Å². The monoisotopic (exact) mass is 216 g/mol. The fraction of sp³-hybridized carbons (Fsp3) is 0.778. The zero-order chi connectivity index (χ0) is 10.6. The van der Waals surface area contributed by atoms with Crippen molar-refractivity contribution in [1.29, 1.82) is 0 Å². The van der Waals surface area contributed by atoms with Gasteiger partial charge in [0, 0.05) is 13.2 Å². The average Bonchev–Trinajstić information content (AvgIpc) is 2.62. The summed E-state index contributed by atoms with van der Waals surface area (Å²) in [6.07, 6.45) is 1.85. The first-order chi connectivity index (χ1) is 6.66. The van der Waals surface area contributed by atoms with Crippen LogP contribution in [0.3, 0.4) is 0 Å². The van der Waals surface area contributed by atoms with Crippen LogP contribution in [0.1, 0.15) is 19.8 Å². The van der Waals surface area contributed by atoms with E-state index in [2.05, 4.69) is 0 Å². The Morgan fingerprint density at radius 1 is 1.71 bits per heavy atom. The number of ether oxygens (including phenoxy) is 1. The minimum Gasteiger partial charge on any atom is -0.392 e. The first-order valence-electron chi connectivity index (χ1n) is 4.83. The number of nitrogens with zero attached hydrogens (tertiary/aromatic N) is 1. The highest BCUT2D eigenvalue weighted by molar-refractivity contribution is 7.80. The minimum absolute atomic E-state index is 0.0119. The molecule has 1 fully saturated rings. The van der Waals surface area contributed by atoms with Gasteiger partial charge in [-0.05, 0) is 19.8 Å². The fourth-order valence-electron chi connectivity index (χ4n) is 1.63. The smallest absolute Gasteiger partial charge is 0.249 e. The van der Waals surface area contributed by atoms with Gasteiger partial charge in [0.25, 0.3) is 0 Å². The summed E-state index contributed by atoms with van der Waals surface area (Å²) in [5.41, 5.74) is 5.55. The highest BCUT2D eigenvalue weighted by Crippen LogP contribution is 2.17. The molecule has 1 unspecified atom stereocenters. The van der Waals surface area contributed by atoms with Crippen molar-refractivity contribution in [3.63, 3.8) is 0 Å². The molecule has 0 aromatic rings. The van der Waals surface area contributed by atoms with Gasteiger partial charge in [0.15, 0.2) is 0 Å². The van der Waals surface area contributed by atoms with E-state index in [0.29, 0.717) is 11.6 Å². The molecule has 1 atom stereocenters. The summed E-state index contributed by atoms with van der Waals surface area (Å²) in [5, 5.41) is 0. The molecular formula is C9H16N2O2S. The lowest BCUT2D eigenvalue weighted by Crippen LogP contribution is -2.44. The van der Waals surface area contributed by atoms with Crippen LogP contribution in [0.4, 0.5) is 0 Å². The molecule has 0 spiro atoms. The van der Waals surface area contributed by atoms with Crippen LogP contribution in [0, 0.1) is 0 Å². The van der Waals surface area contributed by atoms with Gasteiger partial charge in [-0.25, -0.2) is 0 Å². The Hall–Kier alpha value is -0.680. The predicted octanol–water partition coefficient (Wildman–Crippen LogP) is 0.300. The Bertz CT molecular complexity index is 233. The molecule has 2 N–H and O–H groups in total. The van der Waals surface area contributed by atoms with E-state index < -0.39 is 0 Å². The number of amides is 1. The van der Waals surface area contributed by atoms with Crippen molar-refractivity contribution in [2.45, 2.75) is 25.8 Å². The molecule has 1 aliphatic heterocycles. The zero-order valence-electron chi connectivity index (χ0n) is 8.36. The summed E-state index contributed by atoms with van der Waals surface area (Å²) >= 11 is 4.91. The molecule has 1 rings (SSSR count). The molecule has 0 aromatic heterocycles. The molecule has 1 heterocycles. The van der Waals surface area contributed by atoms with Crippen LogP contribution in [-0.4, -0.2) is 41.6 Å². The molecule has 80 valence electrons. The third-order valence-electron chi connectivity index (χ3n) is 2.33. The molecule has 1 saturated heterocycles. The number of rotatable bonds is 4. The Morgan fingerprint density at radius 2 is 2.43 bits per heavy atom. The lowest BCUT2D eigenvalue weighted by molar-refractivity contribution is -0.135. The minimum atomic E-state index is -0.0574.